The molecule has 0 N–H and O–H groups in total. The van der Waals surface area contributed by atoms with Crippen LogP contribution in [0.15, 0.2) is 0 Å². The third-order valence-electron chi connectivity index (χ3n) is 3.83. The summed E-state index contributed by atoms with van der Waals surface area (Å²) in [5.74, 6) is 0.987. The van der Waals surface area contributed by atoms with E-state index in [0.717, 1.165) is 19.6 Å². The summed E-state index contributed by atoms with van der Waals surface area (Å²) in [4.78, 5) is 16.4. The van der Waals surface area contributed by atoms with E-state index in [-0.39, 0.29) is 5.41 Å². The summed E-state index contributed by atoms with van der Waals surface area (Å²) in [5.41, 5.74) is 0.392. The number of hydrogen-bond donors (Lipinski definition) is 0. The zero-order valence-electron chi connectivity index (χ0n) is 13.2. The normalized spacial score (nSPS) is 18.1. The van der Waals surface area contributed by atoms with Crippen molar-refractivity contribution >= 4 is 5.91 Å². The maximum atomic E-state index is 12.2. The molecule has 106 valence electrons. The van der Waals surface area contributed by atoms with Gasteiger partial charge in [-0.25, -0.2) is 0 Å². The lowest BCUT2D eigenvalue weighted by molar-refractivity contribution is -0.142. The fourth-order valence-corrected chi connectivity index (χ4v) is 2.66. The van der Waals surface area contributed by atoms with Gasteiger partial charge in [0.05, 0.1) is 0 Å². The van der Waals surface area contributed by atoms with Gasteiger partial charge in [0.15, 0.2) is 0 Å². The van der Waals surface area contributed by atoms with Gasteiger partial charge in [0, 0.05) is 26.1 Å². The molecule has 0 aromatic carbocycles. The van der Waals surface area contributed by atoms with Crippen LogP contribution in [0.2, 0.25) is 0 Å². The number of likely N-dealkylation sites (tertiary alicyclic amines) is 1. The van der Waals surface area contributed by atoms with Gasteiger partial charge in [-0.3, -0.25) is 4.79 Å². The van der Waals surface area contributed by atoms with Crippen LogP contribution < -0.4 is 0 Å². The summed E-state index contributed by atoms with van der Waals surface area (Å²) in [6.07, 6.45) is 0.655. The molecule has 1 fully saturated rings. The molecule has 0 aromatic heterocycles. The third kappa shape index (κ3) is 4.27. The molecule has 1 heterocycles. The van der Waals surface area contributed by atoms with E-state index in [4.69, 9.17) is 0 Å². The molecule has 0 aliphatic carbocycles. The van der Waals surface area contributed by atoms with E-state index in [1.54, 1.807) is 0 Å². The number of rotatable bonds is 4. The highest BCUT2D eigenvalue weighted by Gasteiger charge is 2.39. The second-order valence-electron chi connectivity index (χ2n) is 7.94. The predicted molar refractivity (Wildman–Crippen MR) is 76.5 cm³/mol. The van der Waals surface area contributed by atoms with E-state index in [9.17, 15) is 4.79 Å². The van der Waals surface area contributed by atoms with E-state index >= 15 is 0 Å². The highest BCUT2D eigenvalue weighted by Crippen LogP contribution is 2.34. The van der Waals surface area contributed by atoms with Gasteiger partial charge in [-0.05, 0) is 30.8 Å². The first-order valence-corrected chi connectivity index (χ1v) is 6.94. The second-order valence-corrected chi connectivity index (χ2v) is 7.94. The number of nitrogens with zero attached hydrogens (tertiary/aromatic N) is 2. The maximum Gasteiger partial charge on any atom is 0.223 e. The van der Waals surface area contributed by atoms with Crippen molar-refractivity contribution in [1.82, 2.24) is 9.80 Å². The zero-order chi connectivity index (χ0) is 14.1. The molecule has 1 aliphatic rings. The molecule has 18 heavy (non-hydrogen) atoms. The molecule has 1 amide bonds. The Balaban J connectivity index is 2.40. The Morgan fingerprint density at radius 2 is 1.67 bits per heavy atom. The number of carbonyl (C=O) groups is 1. The Kier molecular flexibility index (Phi) is 4.47. The summed E-state index contributed by atoms with van der Waals surface area (Å²) in [7, 11) is 4.12. The Hall–Kier alpha value is -0.570. The van der Waals surface area contributed by atoms with E-state index in [1.807, 2.05) is 4.90 Å². The van der Waals surface area contributed by atoms with Crippen LogP contribution in [-0.4, -0.2) is 49.4 Å². The van der Waals surface area contributed by atoms with Crippen LogP contribution in [0.3, 0.4) is 0 Å². The van der Waals surface area contributed by atoms with Crippen LogP contribution in [0.5, 0.6) is 0 Å². The highest BCUT2D eigenvalue weighted by atomic mass is 16.2. The number of amides is 1. The van der Waals surface area contributed by atoms with Crippen molar-refractivity contribution in [2.45, 2.75) is 41.0 Å². The van der Waals surface area contributed by atoms with Crippen LogP contribution in [0, 0.1) is 16.7 Å². The van der Waals surface area contributed by atoms with Gasteiger partial charge in [0.25, 0.3) is 0 Å². The van der Waals surface area contributed by atoms with Crippen molar-refractivity contribution in [2.24, 2.45) is 16.7 Å². The maximum absolute atomic E-state index is 12.2. The Morgan fingerprint density at radius 3 is 2.06 bits per heavy atom. The smallest absolute Gasteiger partial charge is 0.223 e. The van der Waals surface area contributed by atoms with E-state index < -0.39 is 0 Å². The molecule has 3 heteroatoms. The Morgan fingerprint density at radius 1 is 1.17 bits per heavy atom. The fourth-order valence-electron chi connectivity index (χ4n) is 2.66. The average Bonchev–Trinajstić information content (AvgIpc) is 1.91. The predicted octanol–water partition coefficient (Wildman–Crippen LogP) is 2.47. The molecule has 0 saturated carbocycles. The summed E-state index contributed by atoms with van der Waals surface area (Å²) in [6.45, 7) is 14.0. The molecule has 0 bridgehead atoms. The fraction of sp³-hybridized carbons (Fsp3) is 0.933. The zero-order valence-corrected chi connectivity index (χ0v) is 13.2. The molecular formula is C15H30N2O. The van der Waals surface area contributed by atoms with Crippen LogP contribution >= 0.6 is 0 Å². The summed E-state index contributed by atoms with van der Waals surface area (Å²) < 4.78 is 0. The van der Waals surface area contributed by atoms with Crippen molar-refractivity contribution in [3.05, 3.63) is 0 Å². The summed E-state index contributed by atoms with van der Waals surface area (Å²) >= 11 is 0. The number of carbonyl (C=O) groups excluding carboxylic acids is 1. The van der Waals surface area contributed by atoms with Gasteiger partial charge < -0.3 is 9.80 Å². The minimum atomic E-state index is 0.0629. The average molecular weight is 254 g/mol. The van der Waals surface area contributed by atoms with Crippen LogP contribution in [-0.2, 0) is 4.79 Å². The van der Waals surface area contributed by atoms with Crippen molar-refractivity contribution in [1.29, 1.82) is 0 Å². The van der Waals surface area contributed by atoms with Crippen molar-refractivity contribution < 1.29 is 4.79 Å². The summed E-state index contributed by atoms with van der Waals surface area (Å²) in [5, 5.41) is 0. The first-order valence-electron chi connectivity index (χ1n) is 6.94. The van der Waals surface area contributed by atoms with E-state index in [0.29, 0.717) is 23.7 Å². The van der Waals surface area contributed by atoms with Gasteiger partial charge in [-0.1, -0.05) is 34.6 Å². The van der Waals surface area contributed by atoms with Crippen molar-refractivity contribution in [3.63, 3.8) is 0 Å². The highest BCUT2D eigenvalue weighted by molar-refractivity contribution is 5.77. The lowest BCUT2D eigenvalue weighted by Crippen LogP contribution is -2.55. The van der Waals surface area contributed by atoms with Gasteiger partial charge in [-0.2, -0.15) is 0 Å². The van der Waals surface area contributed by atoms with E-state index in [2.05, 4.69) is 53.6 Å². The minimum absolute atomic E-state index is 0.0629. The van der Waals surface area contributed by atoms with Crippen LogP contribution in [0.4, 0.5) is 0 Å². The van der Waals surface area contributed by atoms with Gasteiger partial charge in [-0.15, -0.1) is 0 Å². The molecule has 0 radical (unpaired) electrons. The first-order chi connectivity index (χ1) is 8.01. The topological polar surface area (TPSA) is 23.6 Å². The molecule has 1 rings (SSSR count). The first kappa shape index (κ1) is 15.5. The minimum Gasteiger partial charge on any atom is -0.342 e. The molecule has 0 unspecified atom stereocenters. The molecule has 1 saturated heterocycles. The molecule has 0 atom stereocenters. The van der Waals surface area contributed by atoms with Crippen LogP contribution in [0.25, 0.3) is 0 Å². The monoisotopic (exact) mass is 254 g/mol. The van der Waals surface area contributed by atoms with Crippen LogP contribution in [0.1, 0.15) is 41.0 Å². The lowest BCUT2D eigenvalue weighted by Gasteiger charge is -2.47. The molecule has 1 aliphatic heterocycles. The molecule has 0 aromatic rings. The Bertz CT molecular complexity index is 296. The Labute approximate surface area is 113 Å². The van der Waals surface area contributed by atoms with Crippen molar-refractivity contribution in [2.75, 3.05) is 33.7 Å². The third-order valence-corrected chi connectivity index (χ3v) is 3.83. The van der Waals surface area contributed by atoms with Gasteiger partial charge in [0.1, 0.15) is 0 Å². The lowest BCUT2D eigenvalue weighted by atomic mass is 9.75. The number of hydrogen-bond acceptors (Lipinski definition) is 2. The molecular weight excluding hydrogens is 224 g/mol. The largest absolute Gasteiger partial charge is 0.342 e. The van der Waals surface area contributed by atoms with Gasteiger partial charge >= 0.3 is 0 Å². The standard InChI is InChI=1S/C15H30N2O/c1-14(2,3)12-9-17(10-12)13(18)8-15(4,5)11-16(6)7/h12H,8-11H2,1-7H3. The SMILES string of the molecule is CN(C)CC(C)(C)CC(=O)N1CC(C(C)(C)C)C1. The van der Waals surface area contributed by atoms with Crippen molar-refractivity contribution in [3.8, 4) is 0 Å². The molecule has 3 nitrogen and oxygen atoms in total. The second kappa shape index (κ2) is 5.20. The van der Waals surface area contributed by atoms with Gasteiger partial charge in [0.2, 0.25) is 5.91 Å². The molecule has 0 spiro atoms. The van der Waals surface area contributed by atoms with E-state index in [1.165, 1.54) is 0 Å². The quantitative estimate of drug-likeness (QED) is 0.769. The summed E-state index contributed by atoms with van der Waals surface area (Å²) in [6, 6.07) is 0.